The summed E-state index contributed by atoms with van der Waals surface area (Å²) in [6.07, 6.45) is 1.42. The monoisotopic (exact) mass is 265 g/mol. The number of aliphatic hydroxyl groups is 1. The first-order valence-electron chi connectivity index (χ1n) is 6.36. The van der Waals surface area contributed by atoms with E-state index in [1.54, 1.807) is 4.90 Å². The summed E-state index contributed by atoms with van der Waals surface area (Å²) < 4.78 is 5.01. The van der Waals surface area contributed by atoms with E-state index in [1.165, 1.54) is 12.1 Å². The average Bonchev–Trinajstić information content (AvgIpc) is 3.05. The summed E-state index contributed by atoms with van der Waals surface area (Å²) in [4.78, 5) is 24.5. The molecule has 1 saturated heterocycles. The molecule has 3 unspecified atom stereocenters. The highest BCUT2D eigenvalue weighted by Gasteiger charge is 2.43. The molecule has 1 aliphatic carbocycles. The number of nitrogens with zero attached hydrogens (tertiary/aromatic N) is 1. The van der Waals surface area contributed by atoms with Gasteiger partial charge in [-0.1, -0.05) is 0 Å². The predicted molar refractivity (Wildman–Crippen MR) is 63.8 cm³/mol. The summed E-state index contributed by atoms with van der Waals surface area (Å²) in [7, 11) is 0. The minimum Gasteiger partial charge on any atom is -0.475 e. The van der Waals surface area contributed by atoms with Gasteiger partial charge in [0, 0.05) is 19.0 Å². The van der Waals surface area contributed by atoms with Crippen LogP contribution in [0.15, 0.2) is 16.5 Å². The van der Waals surface area contributed by atoms with Crippen LogP contribution in [0.4, 0.5) is 0 Å². The van der Waals surface area contributed by atoms with Crippen LogP contribution in [0.2, 0.25) is 0 Å². The van der Waals surface area contributed by atoms with Crippen molar-refractivity contribution < 1.29 is 24.2 Å². The van der Waals surface area contributed by atoms with Crippen molar-refractivity contribution in [1.82, 2.24) is 4.90 Å². The quantitative estimate of drug-likeness (QED) is 0.826. The molecule has 3 rings (SSSR count). The molecule has 102 valence electrons. The molecule has 2 heterocycles. The average molecular weight is 265 g/mol. The van der Waals surface area contributed by atoms with E-state index in [9.17, 15) is 14.7 Å². The predicted octanol–water partition coefficient (Wildman–Crippen LogP) is 0.821. The Morgan fingerprint density at radius 2 is 1.95 bits per heavy atom. The lowest BCUT2D eigenvalue weighted by molar-refractivity contribution is 0.0650. The highest BCUT2D eigenvalue weighted by molar-refractivity contribution is 5.93. The van der Waals surface area contributed by atoms with E-state index in [0.29, 0.717) is 19.0 Å². The normalized spacial score (nSPS) is 29.5. The van der Waals surface area contributed by atoms with Crippen LogP contribution in [-0.4, -0.2) is 46.2 Å². The third-order valence-electron chi connectivity index (χ3n) is 4.13. The molecule has 1 aromatic heterocycles. The molecule has 6 nitrogen and oxygen atoms in total. The maximum absolute atomic E-state index is 12.2. The smallest absolute Gasteiger partial charge is 0.371 e. The molecular weight excluding hydrogens is 250 g/mol. The molecule has 0 radical (unpaired) electrons. The Balaban J connectivity index is 1.73. The van der Waals surface area contributed by atoms with Crippen molar-refractivity contribution in [2.75, 3.05) is 13.1 Å². The first-order chi connectivity index (χ1) is 9.06. The third kappa shape index (κ3) is 2.02. The fraction of sp³-hybridized carbons (Fsp3) is 0.538. The maximum atomic E-state index is 12.2. The summed E-state index contributed by atoms with van der Waals surface area (Å²) in [5, 5.41) is 18.6. The molecule has 2 N–H and O–H groups in total. The second-order valence-electron chi connectivity index (χ2n) is 5.25. The number of aromatic carboxylic acids is 1. The van der Waals surface area contributed by atoms with Crippen molar-refractivity contribution in [3.63, 3.8) is 0 Å². The van der Waals surface area contributed by atoms with Crippen LogP contribution < -0.4 is 0 Å². The highest BCUT2D eigenvalue weighted by atomic mass is 16.4. The van der Waals surface area contributed by atoms with Gasteiger partial charge >= 0.3 is 5.97 Å². The second kappa shape index (κ2) is 4.38. The minimum absolute atomic E-state index is 0.0480. The Bertz CT molecular complexity index is 523. The molecule has 1 saturated carbocycles. The lowest BCUT2D eigenvalue weighted by Gasteiger charge is -2.16. The zero-order valence-electron chi connectivity index (χ0n) is 10.3. The molecule has 6 heteroatoms. The summed E-state index contributed by atoms with van der Waals surface area (Å²) in [6, 6.07) is 2.66. The number of furan rings is 1. The van der Waals surface area contributed by atoms with Crippen molar-refractivity contribution in [3.05, 3.63) is 23.7 Å². The summed E-state index contributed by atoms with van der Waals surface area (Å²) in [5.41, 5.74) is 0. The Morgan fingerprint density at radius 1 is 1.21 bits per heavy atom. The molecule has 19 heavy (non-hydrogen) atoms. The first kappa shape index (κ1) is 12.2. The summed E-state index contributed by atoms with van der Waals surface area (Å²) in [6.45, 7) is 1.14. The number of hydrogen-bond donors (Lipinski definition) is 2. The van der Waals surface area contributed by atoms with Crippen LogP contribution in [0.5, 0.6) is 0 Å². The number of carboxylic acid groups (broad SMARTS) is 1. The van der Waals surface area contributed by atoms with Crippen LogP contribution in [0, 0.1) is 11.8 Å². The molecule has 2 fully saturated rings. The maximum Gasteiger partial charge on any atom is 0.371 e. The SMILES string of the molecule is O=C(O)c1ccc(C(=O)N2CC3CCC(O)C3C2)o1. The van der Waals surface area contributed by atoms with Crippen LogP contribution in [0.1, 0.15) is 34.0 Å². The zero-order chi connectivity index (χ0) is 13.6. The molecule has 0 spiro atoms. The van der Waals surface area contributed by atoms with Crippen molar-refractivity contribution in [2.45, 2.75) is 18.9 Å². The van der Waals surface area contributed by atoms with Gasteiger partial charge in [0.25, 0.3) is 5.91 Å². The largest absolute Gasteiger partial charge is 0.475 e. The topological polar surface area (TPSA) is 91.0 Å². The number of hydrogen-bond acceptors (Lipinski definition) is 4. The number of carboxylic acids is 1. The zero-order valence-corrected chi connectivity index (χ0v) is 10.3. The Morgan fingerprint density at radius 3 is 2.58 bits per heavy atom. The fourth-order valence-electron chi connectivity index (χ4n) is 3.13. The van der Waals surface area contributed by atoms with Gasteiger partial charge in [-0.25, -0.2) is 4.79 Å². The summed E-state index contributed by atoms with van der Waals surface area (Å²) >= 11 is 0. The Labute approximate surface area is 109 Å². The van der Waals surface area contributed by atoms with E-state index >= 15 is 0 Å². The van der Waals surface area contributed by atoms with Crippen LogP contribution in [0.25, 0.3) is 0 Å². The lowest BCUT2D eigenvalue weighted by Crippen LogP contribution is -2.30. The molecule has 0 aromatic carbocycles. The number of rotatable bonds is 2. The standard InChI is InChI=1S/C13H15NO5/c15-9-2-1-7-5-14(6-8(7)9)12(16)10-3-4-11(19-10)13(17)18/h3-4,7-9,15H,1-2,5-6H2,(H,17,18). The van der Waals surface area contributed by atoms with Crippen molar-refractivity contribution >= 4 is 11.9 Å². The van der Waals surface area contributed by atoms with Gasteiger partial charge in [0.05, 0.1) is 6.10 Å². The number of carbonyl (C=O) groups is 2. The van der Waals surface area contributed by atoms with Crippen molar-refractivity contribution in [1.29, 1.82) is 0 Å². The molecule has 1 amide bonds. The van der Waals surface area contributed by atoms with E-state index in [2.05, 4.69) is 0 Å². The van der Waals surface area contributed by atoms with Gasteiger partial charge in [0.2, 0.25) is 5.76 Å². The number of carbonyl (C=O) groups excluding carboxylic acids is 1. The van der Waals surface area contributed by atoms with Gasteiger partial charge in [-0.2, -0.15) is 0 Å². The number of aliphatic hydroxyl groups excluding tert-OH is 1. The molecule has 3 atom stereocenters. The Hall–Kier alpha value is -1.82. The highest BCUT2D eigenvalue weighted by Crippen LogP contribution is 2.38. The van der Waals surface area contributed by atoms with E-state index in [0.717, 1.165) is 12.8 Å². The minimum atomic E-state index is -1.19. The van der Waals surface area contributed by atoms with Gasteiger partial charge in [0.15, 0.2) is 5.76 Å². The van der Waals surface area contributed by atoms with Crippen molar-refractivity contribution in [3.8, 4) is 0 Å². The molecular formula is C13H15NO5. The van der Waals surface area contributed by atoms with Crippen molar-refractivity contribution in [2.24, 2.45) is 11.8 Å². The van der Waals surface area contributed by atoms with E-state index in [4.69, 9.17) is 9.52 Å². The van der Waals surface area contributed by atoms with Crippen LogP contribution in [0.3, 0.4) is 0 Å². The second-order valence-corrected chi connectivity index (χ2v) is 5.25. The van der Waals surface area contributed by atoms with E-state index in [1.807, 2.05) is 0 Å². The van der Waals surface area contributed by atoms with E-state index < -0.39 is 5.97 Å². The first-order valence-corrected chi connectivity index (χ1v) is 6.36. The number of amides is 1. The van der Waals surface area contributed by atoms with Crippen LogP contribution >= 0.6 is 0 Å². The molecule has 1 aliphatic heterocycles. The third-order valence-corrected chi connectivity index (χ3v) is 4.13. The fourth-order valence-corrected chi connectivity index (χ4v) is 3.13. The number of fused-ring (bicyclic) bond motifs is 1. The summed E-state index contributed by atoms with van der Waals surface area (Å²) in [5.74, 6) is -1.16. The molecule has 0 bridgehead atoms. The number of likely N-dealkylation sites (tertiary alicyclic amines) is 1. The van der Waals surface area contributed by atoms with Gasteiger partial charge < -0.3 is 19.5 Å². The van der Waals surface area contributed by atoms with Crippen LogP contribution in [-0.2, 0) is 0 Å². The van der Waals surface area contributed by atoms with Gasteiger partial charge in [-0.3, -0.25) is 4.79 Å². The lowest BCUT2D eigenvalue weighted by atomic mass is 10.00. The van der Waals surface area contributed by atoms with Gasteiger partial charge in [0.1, 0.15) is 0 Å². The Kier molecular flexibility index (Phi) is 2.82. The van der Waals surface area contributed by atoms with Gasteiger partial charge in [-0.15, -0.1) is 0 Å². The van der Waals surface area contributed by atoms with E-state index in [-0.39, 0.29) is 29.4 Å². The van der Waals surface area contributed by atoms with Gasteiger partial charge in [-0.05, 0) is 30.9 Å². The molecule has 1 aromatic rings. The molecule has 2 aliphatic rings.